The molecule has 0 unspecified atom stereocenters. The third-order valence-corrected chi connectivity index (χ3v) is 3.10. The molecule has 0 aromatic carbocycles. The fraction of sp³-hybridized carbons (Fsp3) is 0.727. The van der Waals surface area contributed by atoms with Crippen LogP contribution >= 0.6 is 0 Å². The Morgan fingerprint density at radius 2 is 2.20 bits per heavy atom. The van der Waals surface area contributed by atoms with Gasteiger partial charge in [0.05, 0.1) is 5.69 Å². The molecule has 4 heteroatoms. The molecule has 82 valence electrons. The van der Waals surface area contributed by atoms with Crippen molar-refractivity contribution in [2.45, 2.75) is 51.6 Å². The Hall–Kier alpha value is -0.765. The van der Waals surface area contributed by atoms with Crippen molar-refractivity contribution < 1.29 is 5.11 Å². The summed E-state index contributed by atoms with van der Waals surface area (Å²) in [6.45, 7) is 4.71. The molecule has 1 aromatic rings. The predicted molar refractivity (Wildman–Crippen MR) is 62.7 cm³/mol. The highest BCUT2D eigenvalue weighted by atomic mass is 16.3. The summed E-state index contributed by atoms with van der Waals surface area (Å²) in [6.07, 6.45) is 4.47. The topological polar surface area (TPSA) is 38.1 Å². The van der Waals surface area contributed by atoms with Gasteiger partial charge in [-0.25, -0.2) is 4.98 Å². The largest absolute Gasteiger partial charge is 0.384 e. The van der Waals surface area contributed by atoms with Gasteiger partial charge in [-0.3, -0.25) is 0 Å². The Morgan fingerprint density at radius 1 is 1.47 bits per heavy atom. The van der Waals surface area contributed by atoms with Gasteiger partial charge in [0.15, 0.2) is 0 Å². The van der Waals surface area contributed by atoms with Crippen LogP contribution in [0.2, 0.25) is 0 Å². The smallest absolute Gasteiger partial charge is 0.109 e. The van der Waals surface area contributed by atoms with Crippen molar-refractivity contribution in [3.8, 4) is 0 Å². The van der Waals surface area contributed by atoms with E-state index in [1.165, 1.54) is 18.5 Å². The van der Waals surface area contributed by atoms with Crippen LogP contribution in [0.4, 0.5) is 0 Å². The number of aryl methyl sites for hydroxylation is 1. The second-order valence-corrected chi connectivity index (χ2v) is 4.84. The Kier molecular flexibility index (Phi) is 2.63. The van der Waals surface area contributed by atoms with E-state index in [1.807, 2.05) is 13.8 Å². The molecule has 0 spiro atoms. The van der Waals surface area contributed by atoms with Gasteiger partial charge < -0.3 is 9.67 Å². The van der Waals surface area contributed by atoms with Crippen molar-refractivity contribution >= 4 is 7.85 Å². The van der Waals surface area contributed by atoms with Gasteiger partial charge in [0.2, 0.25) is 0 Å². The summed E-state index contributed by atoms with van der Waals surface area (Å²) in [6, 6.07) is 0. The summed E-state index contributed by atoms with van der Waals surface area (Å²) in [5.41, 5.74) is 1.29. The molecule has 0 aliphatic carbocycles. The molecule has 2 rings (SSSR count). The van der Waals surface area contributed by atoms with Crippen LogP contribution in [0, 0.1) is 0 Å². The van der Waals surface area contributed by atoms with E-state index in [4.69, 9.17) is 0 Å². The van der Waals surface area contributed by atoms with Crippen LogP contribution in [0.15, 0.2) is 0 Å². The number of hydrogen-bond acceptors (Lipinski definition) is 2. The Balaban J connectivity index is 2.51. The fourth-order valence-electron chi connectivity index (χ4n) is 2.39. The molecule has 0 saturated carbocycles. The molecule has 1 aromatic heterocycles. The summed E-state index contributed by atoms with van der Waals surface area (Å²) < 4.78 is 2.30. The zero-order chi connectivity index (χ0) is 11.1. The zero-order valence-corrected chi connectivity index (χ0v) is 9.88. The van der Waals surface area contributed by atoms with Gasteiger partial charge in [-0.15, -0.1) is 0 Å². The Morgan fingerprint density at radius 3 is 2.80 bits per heavy atom. The fourth-order valence-corrected chi connectivity index (χ4v) is 2.39. The standard InChI is InChI=1S/C11H19BN2O/c1-11(2,15)10-8(7-12)14-6-4-3-5-9(14)13-10/h15H,3-7,12H2,1-2H3. The summed E-state index contributed by atoms with van der Waals surface area (Å²) in [7, 11) is 2.13. The number of fused-ring (bicyclic) bond motifs is 1. The van der Waals surface area contributed by atoms with Crippen molar-refractivity contribution in [2.24, 2.45) is 0 Å². The molecule has 0 amide bonds. The summed E-state index contributed by atoms with van der Waals surface area (Å²) in [4.78, 5) is 4.61. The number of nitrogens with zero attached hydrogens (tertiary/aromatic N) is 2. The lowest BCUT2D eigenvalue weighted by Crippen LogP contribution is -2.19. The molecule has 0 saturated heterocycles. The van der Waals surface area contributed by atoms with Crippen LogP contribution in [-0.4, -0.2) is 22.5 Å². The first kappa shape index (κ1) is 10.7. The van der Waals surface area contributed by atoms with E-state index in [0.29, 0.717) is 0 Å². The number of rotatable bonds is 2. The molecule has 2 heterocycles. The molecule has 0 bridgehead atoms. The minimum absolute atomic E-state index is 0.810. The second kappa shape index (κ2) is 3.67. The highest BCUT2D eigenvalue weighted by Gasteiger charge is 2.27. The molecule has 0 atom stereocenters. The van der Waals surface area contributed by atoms with Crippen molar-refractivity contribution in [1.82, 2.24) is 9.55 Å². The average Bonchev–Trinajstić information content (AvgIpc) is 2.55. The normalized spacial score (nSPS) is 16.5. The van der Waals surface area contributed by atoms with Gasteiger partial charge in [0, 0.05) is 18.7 Å². The lowest BCUT2D eigenvalue weighted by Gasteiger charge is -2.18. The molecule has 0 radical (unpaired) electrons. The van der Waals surface area contributed by atoms with E-state index in [2.05, 4.69) is 17.4 Å². The van der Waals surface area contributed by atoms with Crippen molar-refractivity contribution in [3.63, 3.8) is 0 Å². The SMILES string of the molecule is BCc1c(C(C)(C)O)nc2n1CCCC2. The first-order chi connectivity index (χ1) is 7.04. The Labute approximate surface area is 91.9 Å². The van der Waals surface area contributed by atoms with E-state index in [-0.39, 0.29) is 0 Å². The quantitative estimate of drug-likeness (QED) is 0.718. The number of hydrogen-bond donors (Lipinski definition) is 1. The second-order valence-electron chi connectivity index (χ2n) is 4.84. The monoisotopic (exact) mass is 206 g/mol. The summed E-state index contributed by atoms with van der Waals surface area (Å²) in [5.74, 6) is 1.16. The molecule has 1 N–H and O–H groups in total. The van der Waals surface area contributed by atoms with Gasteiger partial charge in [-0.1, -0.05) is 0 Å². The van der Waals surface area contributed by atoms with Crippen LogP contribution < -0.4 is 0 Å². The first-order valence-corrected chi connectivity index (χ1v) is 5.85. The molecule has 1 aliphatic heterocycles. The van der Waals surface area contributed by atoms with E-state index in [9.17, 15) is 5.11 Å². The highest BCUT2D eigenvalue weighted by molar-refractivity contribution is 6.08. The van der Waals surface area contributed by atoms with Gasteiger partial charge >= 0.3 is 0 Å². The van der Waals surface area contributed by atoms with Gasteiger partial charge in [0.25, 0.3) is 0 Å². The highest BCUT2D eigenvalue weighted by Crippen LogP contribution is 2.27. The van der Waals surface area contributed by atoms with Crippen molar-refractivity contribution in [1.29, 1.82) is 0 Å². The van der Waals surface area contributed by atoms with Crippen LogP contribution in [0.1, 0.15) is 43.9 Å². The lowest BCUT2D eigenvalue weighted by atomic mass is 9.94. The minimum Gasteiger partial charge on any atom is -0.384 e. The number of aromatic nitrogens is 2. The molecular weight excluding hydrogens is 187 g/mol. The minimum atomic E-state index is -0.810. The average molecular weight is 206 g/mol. The van der Waals surface area contributed by atoms with Gasteiger partial charge in [-0.2, -0.15) is 0 Å². The van der Waals surface area contributed by atoms with E-state index >= 15 is 0 Å². The van der Waals surface area contributed by atoms with Crippen LogP contribution in [0.5, 0.6) is 0 Å². The third-order valence-electron chi connectivity index (χ3n) is 3.10. The predicted octanol–water partition coefficient (Wildman–Crippen LogP) is 0.580. The first-order valence-electron chi connectivity index (χ1n) is 5.85. The molecule has 1 aliphatic rings. The van der Waals surface area contributed by atoms with E-state index in [1.54, 1.807) is 0 Å². The van der Waals surface area contributed by atoms with Crippen LogP contribution in [-0.2, 0) is 24.9 Å². The van der Waals surface area contributed by atoms with E-state index < -0.39 is 5.60 Å². The number of imidazole rings is 1. The van der Waals surface area contributed by atoms with Crippen molar-refractivity contribution in [3.05, 3.63) is 17.2 Å². The molecule has 3 nitrogen and oxygen atoms in total. The molecule has 15 heavy (non-hydrogen) atoms. The number of aliphatic hydroxyl groups is 1. The maximum absolute atomic E-state index is 10.1. The van der Waals surface area contributed by atoms with Crippen molar-refractivity contribution in [2.75, 3.05) is 0 Å². The summed E-state index contributed by atoms with van der Waals surface area (Å²) in [5, 5.41) is 10.1. The Bertz CT molecular complexity index is 365. The zero-order valence-electron chi connectivity index (χ0n) is 9.88. The van der Waals surface area contributed by atoms with Crippen LogP contribution in [0.3, 0.4) is 0 Å². The van der Waals surface area contributed by atoms with Crippen LogP contribution in [0.25, 0.3) is 0 Å². The molecule has 0 fully saturated rings. The van der Waals surface area contributed by atoms with Gasteiger partial charge in [0.1, 0.15) is 19.3 Å². The maximum atomic E-state index is 10.1. The van der Waals surface area contributed by atoms with Gasteiger partial charge in [-0.05, 0) is 33.0 Å². The lowest BCUT2D eigenvalue weighted by molar-refractivity contribution is 0.0732. The maximum Gasteiger partial charge on any atom is 0.109 e. The molecular formula is C11H19BN2O. The third kappa shape index (κ3) is 1.83. The van der Waals surface area contributed by atoms with E-state index in [0.717, 1.165) is 30.8 Å². The summed E-state index contributed by atoms with van der Waals surface area (Å²) >= 11 is 0.